The van der Waals surface area contributed by atoms with Gasteiger partial charge in [0.2, 0.25) is 5.91 Å². The Labute approximate surface area is 127 Å². The van der Waals surface area contributed by atoms with E-state index in [0.29, 0.717) is 24.2 Å². The van der Waals surface area contributed by atoms with Crippen LogP contribution in [0.3, 0.4) is 0 Å². The molecule has 3 fully saturated rings. The number of hydrogen-bond donors (Lipinski definition) is 1. The van der Waals surface area contributed by atoms with Crippen LogP contribution in [0.25, 0.3) is 0 Å². The third-order valence-corrected chi connectivity index (χ3v) is 5.42. The molecule has 0 bridgehead atoms. The minimum Gasteiger partial charge on any atom is -0.381 e. The molecule has 1 unspecified atom stereocenters. The molecule has 2 N–H and O–H groups in total. The van der Waals surface area contributed by atoms with E-state index < -0.39 is 0 Å². The number of nitrogens with two attached hydrogens (primary N) is 1. The molecule has 2 saturated heterocycles. The van der Waals surface area contributed by atoms with Crippen molar-refractivity contribution in [2.75, 3.05) is 45.9 Å². The van der Waals surface area contributed by atoms with Gasteiger partial charge in [-0.3, -0.25) is 9.69 Å². The summed E-state index contributed by atoms with van der Waals surface area (Å²) in [6.45, 7) is 6.76. The molecule has 3 rings (SSSR count). The monoisotopic (exact) mass is 295 g/mol. The zero-order chi connectivity index (χ0) is 14.7. The van der Waals surface area contributed by atoms with Crippen LogP contribution < -0.4 is 5.73 Å². The summed E-state index contributed by atoms with van der Waals surface area (Å²) >= 11 is 0. The lowest BCUT2D eigenvalue weighted by Crippen LogP contribution is -2.50. The normalized spacial score (nSPS) is 34.5. The van der Waals surface area contributed by atoms with Crippen LogP contribution in [0.4, 0.5) is 0 Å². The van der Waals surface area contributed by atoms with E-state index in [9.17, 15) is 4.79 Å². The molecule has 5 heteroatoms. The number of carbonyl (C=O) groups is 1. The minimum absolute atomic E-state index is 0.248. The Morgan fingerprint density at radius 2 is 1.95 bits per heavy atom. The molecule has 1 amide bonds. The number of carbonyl (C=O) groups excluding carboxylic acids is 1. The highest BCUT2D eigenvalue weighted by atomic mass is 16.5. The fraction of sp³-hybridized carbons (Fsp3) is 0.938. The van der Waals surface area contributed by atoms with Gasteiger partial charge in [0.05, 0.1) is 6.61 Å². The van der Waals surface area contributed by atoms with Gasteiger partial charge in [-0.2, -0.15) is 0 Å². The van der Waals surface area contributed by atoms with Gasteiger partial charge in [0.1, 0.15) is 0 Å². The molecular weight excluding hydrogens is 266 g/mol. The molecule has 3 aliphatic rings. The summed E-state index contributed by atoms with van der Waals surface area (Å²) in [4.78, 5) is 16.9. The predicted octanol–water partition coefficient (Wildman–Crippen LogP) is 0.685. The molecule has 0 aromatic rings. The molecule has 0 spiro atoms. The van der Waals surface area contributed by atoms with Gasteiger partial charge >= 0.3 is 0 Å². The molecule has 0 aromatic heterocycles. The lowest BCUT2D eigenvalue weighted by atomic mass is 9.99. The molecule has 21 heavy (non-hydrogen) atoms. The molecule has 1 aliphatic carbocycles. The Morgan fingerprint density at radius 3 is 2.57 bits per heavy atom. The maximum absolute atomic E-state index is 12.4. The smallest absolute Gasteiger partial charge is 0.222 e. The molecule has 5 nitrogen and oxygen atoms in total. The minimum atomic E-state index is 0.248. The second-order valence-corrected chi connectivity index (χ2v) is 6.97. The van der Waals surface area contributed by atoms with Crippen LogP contribution in [0.5, 0.6) is 0 Å². The second kappa shape index (κ2) is 7.07. The van der Waals surface area contributed by atoms with Crippen LogP contribution in [0.15, 0.2) is 0 Å². The van der Waals surface area contributed by atoms with Crippen molar-refractivity contribution in [2.45, 2.75) is 38.1 Å². The Hall–Kier alpha value is -0.650. The van der Waals surface area contributed by atoms with Crippen molar-refractivity contribution in [1.29, 1.82) is 0 Å². The average molecular weight is 295 g/mol. The quantitative estimate of drug-likeness (QED) is 0.829. The summed E-state index contributed by atoms with van der Waals surface area (Å²) in [5.41, 5.74) is 6.08. The number of ether oxygens (including phenoxy) is 1. The first kappa shape index (κ1) is 15.3. The topological polar surface area (TPSA) is 58.8 Å². The van der Waals surface area contributed by atoms with Crippen molar-refractivity contribution in [3.63, 3.8) is 0 Å². The molecular formula is C16H29N3O2. The Kier molecular flexibility index (Phi) is 5.14. The molecule has 0 radical (unpaired) electrons. The van der Waals surface area contributed by atoms with Gasteiger partial charge < -0.3 is 15.4 Å². The van der Waals surface area contributed by atoms with Crippen molar-refractivity contribution in [1.82, 2.24) is 9.80 Å². The van der Waals surface area contributed by atoms with Crippen molar-refractivity contribution in [3.05, 3.63) is 0 Å². The summed E-state index contributed by atoms with van der Waals surface area (Å²) in [6.07, 6.45) is 5.27. The Balaban J connectivity index is 1.39. The van der Waals surface area contributed by atoms with E-state index in [-0.39, 0.29) is 6.04 Å². The van der Waals surface area contributed by atoms with Gasteiger partial charge in [0.15, 0.2) is 0 Å². The lowest BCUT2D eigenvalue weighted by Gasteiger charge is -2.36. The Morgan fingerprint density at radius 1 is 1.14 bits per heavy atom. The number of piperazine rings is 1. The van der Waals surface area contributed by atoms with E-state index in [1.165, 1.54) is 12.8 Å². The van der Waals surface area contributed by atoms with Crippen LogP contribution in [0.1, 0.15) is 32.1 Å². The highest BCUT2D eigenvalue weighted by Gasteiger charge is 2.30. The molecule has 2 heterocycles. The van der Waals surface area contributed by atoms with Crippen LogP contribution in [-0.4, -0.2) is 67.7 Å². The van der Waals surface area contributed by atoms with Gasteiger partial charge in [-0.15, -0.1) is 0 Å². The van der Waals surface area contributed by atoms with Gasteiger partial charge in [-0.1, -0.05) is 6.42 Å². The largest absolute Gasteiger partial charge is 0.381 e. The molecule has 2 aliphatic heterocycles. The van der Waals surface area contributed by atoms with E-state index in [1.54, 1.807) is 0 Å². The molecule has 1 saturated carbocycles. The maximum Gasteiger partial charge on any atom is 0.222 e. The van der Waals surface area contributed by atoms with E-state index in [0.717, 1.165) is 58.8 Å². The zero-order valence-corrected chi connectivity index (χ0v) is 13.0. The SMILES string of the molecule is N[C@@H]1CCC[C@H]1CC(=O)N1CCN(CC2CCOC2)CC1. The average Bonchev–Trinajstić information content (AvgIpc) is 3.12. The third-order valence-electron chi connectivity index (χ3n) is 5.42. The lowest BCUT2D eigenvalue weighted by molar-refractivity contribution is -0.134. The zero-order valence-electron chi connectivity index (χ0n) is 13.0. The van der Waals surface area contributed by atoms with Crippen LogP contribution in [0.2, 0.25) is 0 Å². The number of amides is 1. The molecule has 3 atom stereocenters. The number of rotatable bonds is 4. The highest BCUT2D eigenvalue weighted by Crippen LogP contribution is 2.27. The van der Waals surface area contributed by atoms with Crippen molar-refractivity contribution >= 4 is 5.91 Å². The van der Waals surface area contributed by atoms with E-state index in [4.69, 9.17) is 10.5 Å². The van der Waals surface area contributed by atoms with E-state index >= 15 is 0 Å². The summed E-state index contributed by atoms with van der Waals surface area (Å²) in [5, 5.41) is 0. The van der Waals surface area contributed by atoms with Gasteiger partial charge in [-0.25, -0.2) is 0 Å². The summed E-state index contributed by atoms with van der Waals surface area (Å²) < 4.78 is 5.44. The van der Waals surface area contributed by atoms with Crippen LogP contribution in [0, 0.1) is 11.8 Å². The summed E-state index contributed by atoms with van der Waals surface area (Å²) in [6, 6.07) is 0.248. The van der Waals surface area contributed by atoms with Crippen molar-refractivity contribution in [3.8, 4) is 0 Å². The first-order chi connectivity index (χ1) is 10.2. The summed E-state index contributed by atoms with van der Waals surface area (Å²) in [5.74, 6) is 1.44. The molecule has 120 valence electrons. The first-order valence-corrected chi connectivity index (χ1v) is 8.56. The van der Waals surface area contributed by atoms with Crippen LogP contribution >= 0.6 is 0 Å². The molecule has 0 aromatic carbocycles. The van der Waals surface area contributed by atoms with E-state index in [1.807, 2.05) is 4.90 Å². The first-order valence-electron chi connectivity index (χ1n) is 8.56. The Bertz CT molecular complexity index is 349. The summed E-state index contributed by atoms with van der Waals surface area (Å²) in [7, 11) is 0. The van der Waals surface area contributed by atoms with Gasteiger partial charge in [0, 0.05) is 51.8 Å². The fourth-order valence-corrected chi connectivity index (χ4v) is 3.94. The van der Waals surface area contributed by atoms with Gasteiger partial charge in [-0.05, 0) is 31.1 Å². The highest BCUT2D eigenvalue weighted by molar-refractivity contribution is 5.76. The van der Waals surface area contributed by atoms with E-state index in [2.05, 4.69) is 4.90 Å². The third kappa shape index (κ3) is 3.96. The van der Waals surface area contributed by atoms with Crippen molar-refractivity contribution < 1.29 is 9.53 Å². The van der Waals surface area contributed by atoms with Crippen LogP contribution in [-0.2, 0) is 9.53 Å². The number of nitrogens with zero attached hydrogens (tertiary/aromatic N) is 2. The maximum atomic E-state index is 12.4. The predicted molar refractivity (Wildman–Crippen MR) is 81.9 cm³/mol. The number of hydrogen-bond acceptors (Lipinski definition) is 4. The fourth-order valence-electron chi connectivity index (χ4n) is 3.94. The second-order valence-electron chi connectivity index (χ2n) is 6.97. The standard InChI is InChI=1S/C16H29N3O2/c17-15-3-1-2-14(15)10-16(20)19-7-5-18(6-8-19)11-13-4-9-21-12-13/h13-15H,1-12,17H2/t13?,14-,15+/m0/s1. The van der Waals surface area contributed by atoms with Gasteiger partial charge in [0.25, 0.3) is 0 Å². The van der Waals surface area contributed by atoms with Crippen molar-refractivity contribution in [2.24, 2.45) is 17.6 Å².